The van der Waals surface area contributed by atoms with E-state index in [1.54, 1.807) is 23.0 Å². The molecule has 0 atom stereocenters. The molecule has 6 nitrogen and oxygen atoms in total. The van der Waals surface area contributed by atoms with Gasteiger partial charge in [0, 0.05) is 22.3 Å². The number of hydrogen-bond acceptors (Lipinski definition) is 4. The number of halogens is 1. The summed E-state index contributed by atoms with van der Waals surface area (Å²) in [5, 5.41) is 12.5. The molecule has 26 heavy (non-hydrogen) atoms. The number of aromatic nitrogens is 4. The van der Waals surface area contributed by atoms with Crippen LogP contribution in [0.1, 0.15) is 16.2 Å². The van der Waals surface area contributed by atoms with Gasteiger partial charge < -0.3 is 5.32 Å². The Hall–Kier alpha value is -3.25. The van der Waals surface area contributed by atoms with Gasteiger partial charge in [-0.25, -0.2) is 4.68 Å². The lowest BCUT2D eigenvalue weighted by Gasteiger charge is -2.08. The van der Waals surface area contributed by atoms with Crippen molar-refractivity contribution in [1.82, 2.24) is 20.0 Å². The van der Waals surface area contributed by atoms with Gasteiger partial charge in [-0.05, 0) is 43.3 Å². The van der Waals surface area contributed by atoms with Crippen LogP contribution >= 0.6 is 11.6 Å². The van der Waals surface area contributed by atoms with Crippen LogP contribution in [0, 0.1) is 6.92 Å². The number of pyridine rings is 1. The molecule has 1 N–H and O–H groups in total. The summed E-state index contributed by atoms with van der Waals surface area (Å²) in [7, 11) is 0. The van der Waals surface area contributed by atoms with Crippen LogP contribution in [0.3, 0.4) is 0 Å². The highest BCUT2D eigenvalue weighted by Gasteiger charge is 2.18. The number of anilines is 1. The molecule has 0 saturated heterocycles. The molecular formula is C19H14ClN5O. The number of nitrogens with zero attached hydrogens (tertiary/aromatic N) is 4. The maximum atomic E-state index is 12.5. The number of para-hydroxylation sites is 1. The van der Waals surface area contributed by atoms with Crippen LogP contribution in [0.5, 0.6) is 0 Å². The van der Waals surface area contributed by atoms with Gasteiger partial charge >= 0.3 is 0 Å². The highest BCUT2D eigenvalue weighted by Crippen LogP contribution is 2.24. The van der Waals surface area contributed by atoms with Crippen molar-refractivity contribution in [1.29, 1.82) is 0 Å². The van der Waals surface area contributed by atoms with Crippen molar-refractivity contribution in [2.45, 2.75) is 6.92 Å². The normalized spacial score (nSPS) is 10.8. The highest BCUT2D eigenvalue weighted by molar-refractivity contribution is 6.31. The minimum absolute atomic E-state index is 0.271. The Morgan fingerprint density at radius 3 is 2.73 bits per heavy atom. The number of fused-ring (bicyclic) bond motifs is 1. The Morgan fingerprint density at radius 2 is 1.92 bits per heavy atom. The summed E-state index contributed by atoms with van der Waals surface area (Å²) in [6, 6.07) is 16.5. The second-order valence-corrected chi connectivity index (χ2v) is 6.18. The maximum absolute atomic E-state index is 12.5. The van der Waals surface area contributed by atoms with E-state index in [2.05, 4.69) is 20.6 Å². The molecule has 0 spiro atoms. The Labute approximate surface area is 154 Å². The van der Waals surface area contributed by atoms with Crippen LogP contribution < -0.4 is 5.32 Å². The first-order valence-corrected chi connectivity index (χ1v) is 8.34. The highest BCUT2D eigenvalue weighted by atomic mass is 35.5. The molecule has 4 aromatic rings. The van der Waals surface area contributed by atoms with E-state index in [1.807, 2.05) is 49.4 Å². The largest absolute Gasteiger partial charge is 0.321 e. The van der Waals surface area contributed by atoms with Crippen molar-refractivity contribution in [3.63, 3.8) is 0 Å². The second kappa shape index (κ2) is 6.57. The summed E-state index contributed by atoms with van der Waals surface area (Å²) < 4.78 is 1.64. The third kappa shape index (κ3) is 2.91. The van der Waals surface area contributed by atoms with Gasteiger partial charge in [0.2, 0.25) is 0 Å². The Kier molecular flexibility index (Phi) is 4.10. The van der Waals surface area contributed by atoms with Crippen LogP contribution in [0.15, 0.2) is 60.8 Å². The van der Waals surface area contributed by atoms with Crippen LogP contribution in [0.25, 0.3) is 16.6 Å². The number of rotatable bonds is 3. The number of carbonyl (C=O) groups is 1. The molecule has 7 heteroatoms. The molecule has 1 amide bonds. The second-order valence-electron chi connectivity index (χ2n) is 5.75. The molecule has 4 rings (SSSR count). The summed E-state index contributed by atoms with van der Waals surface area (Å²) in [5.74, 6) is -0.304. The van der Waals surface area contributed by atoms with E-state index in [-0.39, 0.29) is 11.6 Å². The Bertz CT molecular complexity index is 1110. The molecule has 0 aliphatic rings. The number of nitrogens with one attached hydrogen (secondary N) is 1. The van der Waals surface area contributed by atoms with Gasteiger partial charge in [-0.1, -0.05) is 35.0 Å². The van der Waals surface area contributed by atoms with Crippen molar-refractivity contribution < 1.29 is 4.79 Å². The van der Waals surface area contributed by atoms with E-state index in [0.717, 1.165) is 16.6 Å². The number of amides is 1. The van der Waals surface area contributed by atoms with Crippen molar-refractivity contribution in [3.05, 3.63) is 77.2 Å². The van der Waals surface area contributed by atoms with Crippen molar-refractivity contribution >= 4 is 34.1 Å². The van der Waals surface area contributed by atoms with E-state index in [0.29, 0.717) is 16.4 Å². The van der Waals surface area contributed by atoms with Crippen molar-refractivity contribution in [2.24, 2.45) is 0 Å². The smallest absolute Gasteiger partial charge is 0.278 e. The van der Waals surface area contributed by atoms with Crippen LogP contribution in [0.4, 0.5) is 5.69 Å². The van der Waals surface area contributed by atoms with E-state index >= 15 is 0 Å². The summed E-state index contributed by atoms with van der Waals surface area (Å²) in [6.45, 7) is 1.81. The molecule has 0 saturated carbocycles. The third-order valence-electron chi connectivity index (χ3n) is 4.05. The van der Waals surface area contributed by atoms with Crippen molar-refractivity contribution in [2.75, 3.05) is 5.32 Å². The summed E-state index contributed by atoms with van der Waals surface area (Å²) in [6.07, 6.45) is 1.68. The SMILES string of the molecule is Cc1c(C(=O)Nc2ccccc2)nnn1-c1ccnc2cc(Cl)ccc12. The standard InChI is InChI=1S/C19H14ClN5O/c1-12-18(19(26)22-14-5-3-2-4-6-14)23-24-25(12)17-9-10-21-16-11-13(20)7-8-15(16)17/h2-11H,1H3,(H,22,26). The topological polar surface area (TPSA) is 72.7 Å². The van der Waals surface area contributed by atoms with Gasteiger partial charge in [0.25, 0.3) is 5.91 Å². The predicted octanol–water partition coefficient (Wildman–Crippen LogP) is 4.03. The lowest BCUT2D eigenvalue weighted by molar-refractivity contribution is 0.102. The third-order valence-corrected chi connectivity index (χ3v) is 4.29. The van der Waals surface area contributed by atoms with Crippen LogP contribution in [-0.4, -0.2) is 25.9 Å². The molecule has 2 aromatic heterocycles. The van der Waals surface area contributed by atoms with Crippen LogP contribution in [0.2, 0.25) is 5.02 Å². The zero-order valence-electron chi connectivity index (χ0n) is 13.8. The van der Waals surface area contributed by atoms with Gasteiger partial charge in [0.1, 0.15) is 0 Å². The van der Waals surface area contributed by atoms with Gasteiger partial charge in [0.05, 0.1) is 16.9 Å². The Morgan fingerprint density at radius 1 is 1.12 bits per heavy atom. The average Bonchev–Trinajstić information content (AvgIpc) is 3.03. The molecule has 0 radical (unpaired) electrons. The first-order chi connectivity index (χ1) is 12.6. The number of hydrogen-bond donors (Lipinski definition) is 1. The summed E-state index contributed by atoms with van der Waals surface area (Å²) >= 11 is 6.04. The van der Waals surface area contributed by atoms with Gasteiger partial charge in [-0.15, -0.1) is 5.10 Å². The molecule has 2 aromatic carbocycles. The maximum Gasteiger partial charge on any atom is 0.278 e. The number of carbonyl (C=O) groups excluding carboxylic acids is 1. The fourth-order valence-electron chi connectivity index (χ4n) is 2.77. The molecule has 0 bridgehead atoms. The quantitative estimate of drug-likeness (QED) is 0.596. The van der Waals surface area contributed by atoms with E-state index in [4.69, 9.17) is 11.6 Å². The van der Waals surface area contributed by atoms with Crippen molar-refractivity contribution in [3.8, 4) is 5.69 Å². The van der Waals surface area contributed by atoms with E-state index in [9.17, 15) is 4.79 Å². The Balaban J connectivity index is 1.73. The minimum Gasteiger partial charge on any atom is -0.321 e. The van der Waals surface area contributed by atoms with Gasteiger partial charge in [0.15, 0.2) is 5.69 Å². The molecule has 0 unspecified atom stereocenters. The fraction of sp³-hybridized carbons (Fsp3) is 0.0526. The first kappa shape index (κ1) is 16.2. The van der Waals surface area contributed by atoms with E-state index < -0.39 is 0 Å². The average molecular weight is 364 g/mol. The zero-order valence-corrected chi connectivity index (χ0v) is 14.6. The monoisotopic (exact) mass is 363 g/mol. The predicted molar refractivity (Wildman–Crippen MR) is 101 cm³/mol. The molecule has 0 fully saturated rings. The molecule has 2 heterocycles. The van der Waals surface area contributed by atoms with Gasteiger partial charge in [-0.2, -0.15) is 0 Å². The number of benzene rings is 2. The van der Waals surface area contributed by atoms with E-state index in [1.165, 1.54) is 0 Å². The summed E-state index contributed by atoms with van der Waals surface area (Å²) in [5.41, 5.74) is 3.15. The van der Waals surface area contributed by atoms with Crippen LogP contribution in [-0.2, 0) is 0 Å². The first-order valence-electron chi connectivity index (χ1n) is 7.97. The lowest BCUT2D eigenvalue weighted by atomic mass is 10.2. The molecule has 0 aliphatic heterocycles. The minimum atomic E-state index is -0.304. The zero-order chi connectivity index (χ0) is 18.1. The lowest BCUT2D eigenvalue weighted by Crippen LogP contribution is -2.14. The fourth-order valence-corrected chi connectivity index (χ4v) is 2.94. The van der Waals surface area contributed by atoms with Gasteiger partial charge in [-0.3, -0.25) is 9.78 Å². The molecular weight excluding hydrogens is 350 g/mol. The molecule has 128 valence electrons. The molecule has 0 aliphatic carbocycles. The summed E-state index contributed by atoms with van der Waals surface area (Å²) in [4.78, 5) is 16.9.